The molecule has 0 amide bonds. The molecule has 0 aliphatic carbocycles. The zero-order chi connectivity index (χ0) is 15.6. The Labute approximate surface area is 122 Å². The van der Waals surface area contributed by atoms with Crippen molar-refractivity contribution in [2.45, 2.75) is 6.18 Å². The summed E-state index contributed by atoms with van der Waals surface area (Å²) in [7, 11) is 0. The van der Waals surface area contributed by atoms with E-state index in [-0.39, 0.29) is 16.4 Å². The van der Waals surface area contributed by atoms with Crippen molar-refractivity contribution in [3.05, 3.63) is 63.2 Å². The van der Waals surface area contributed by atoms with Gasteiger partial charge in [0.15, 0.2) is 0 Å². The van der Waals surface area contributed by atoms with Gasteiger partial charge in [-0.05, 0) is 24.3 Å². The van der Waals surface area contributed by atoms with E-state index < -0.39 is 22.4 Å². The van der Waals surface area contributed by atoms with Gasteiger partial charge in [-0.1, -0.05) is 29.8 Å². The van der Waals surface area contributed by atoms with Crippen LogP contribution in [0.5, 0.6) is 0 Å². The Morgan fingerprint density at radius 1 is 1.05 bits per heavy atom. The minimum Gasteiger partial charge on any atom is -0.349 e. The highest BCUT2D eigenvalue weighted by Gasteiger charge is 2.33. The maximum atomic E-state index is 12.9. The molecule has 4 nitrogen and oxygen atoms in total. The number of alkyl halides is 3. The van der Waals surface area contributed by atoms with Crippen LogP contribution in [0.15, 0.2) is 42.5 Å². The van der Waals surface area contributed by atoms with E-state index in [9.17, 15) is 23.3 Å². The van der Waals surface area contributed by atoms with Crippen LogP contribution in [0.1, 0.15) is 5.56 Å². The van der Waals surface area contributed by atoms with Gasteiger partial charge in [0.2, 0.25) is 0 Å². The van der Waals surface area contributed by atoms with Gasteiger partial charge in [0.25, 0.3) is 0 Å². The van der Waals surface area contributed by atoms with Crippen molar-refractivity contribution in [1.82, 2.24) is 0 Å². The normalized spacial score (nSPS) is 11.2. The molecule has 0 unspecified atom stereocenters. The molecule has 2 aromatic rings. The fourth-order valence-corrected chi connectivity index (χ4v) is 2.03. The number of rotatable bonds is 3. The second-order valence-electron chi connectivity index (χ2n) is 4.06. The maximum absolute atomic E-state index is 12.9. The Bertz CT molecular complexity index is 689. The summed E-state index contributed by atoms with van der Waals surface area (Å²) in [6, 6.07) is 8.70. The van der Waals surface area contributed by atoms with Crippen LogP contribution in [0, 0.1) is 10.1 Å². The molecule has 0 radical (unpaired) electrons. The SMILES string of the molecule is O=[N+]([O-])c1c(Cl)cccc1Nc1ccccc1C(F)(F)F. The second kappa shape index (κ2) is 5.61. The van der Waals surface area contributed by atoms with Crippen LogP contribution in [0.25, 0.3) is 0 Å². The molecule has 0 aliphatic heterocycles. The summed E-state index contributed by atoms with van der Waals surface area (Å²) in [6.07, 6.45) is -4.57. The molecule has 110 valence electrons. The van der Waals surface area contributed by atoms with Crippen molar-refractivity contribution in [2.75, 3.05) is 5.32 Å². The van der Waals surface area contributed by atoms with Gasteiger partial charge in [-0.2, -0.15) is 13.2 Å². The van der Waals surface area contributed by atoms with Crippen LogP contribution >= 0.6 is 11.6 Å². The van der Waals surface area contributed by atoms with E-state index in [1.54, 1.807) is 0 Å². The number of nitro benzene ring substituents is 1. The molecule has 0 saturated heterocycles. The van der Waals surface area contributed by atoms with Gasteiger partial charge in [0.05, 0.1) is 16.2 Å². The molecule has 1 N–H and O–H groups in total. The highest BCUT2D eigenvalue weighted by molar-refractivity contribution is 6.33. The Morgan fingerprint density at radius 2 is 1.67 bits per heavy atom. The number of anilines is 2. The van der Waals surface area contributed by atoms with Crippen LogP contribution in [0.3, 0.4) is 0 Å². The number of benzene rings is 2. The van der Waals surface area contributed by atoms with E-state index in [0.717, 1.165) is 6.07 Å². The standard InChI is InChI=1S/C13H8ClF3N2O2/c14-9-5-3-7-11(12(9)19(20)21)18-10-6-2-1-4-8(10)13(15,16)17/h1-7,18H. The molecule has 0 spiro atoms. The number of halogens is 4. The van der Waals surface area contributed by atoms with Crippen molar-refractivity contribution in [3.63, 3.8) is 0 Å². The molecule has 0 heterocycles. The fraction of sp³-hybridized carbons (Fsp3) is 0.0769. The first-order valence-corrected chi connectivity index (χ1v) is 6.04. The van der Waals surface area contributed by atoms with Crippen molar-refractivity contribution < 1.29 is 18.1 Å². The molecular weight excluding hydrogens is 309 g/mol. The highest BCUT2D eigenvalue weighted by Crippen LogP contribution is 2.39. The fourth-order valence-electron chi connectivity index (χ4n) is 1.79. The lowest BCUT2D eigenvalue weighted by molar-refractivity contribution is -0.383. The molecule has 0 aromatic heterocycles. The van der Waals surface area contributed by atoms with E-state index in [1.807, 2.05) is 0 Å². The summed E-state index contributed by atoms with van der Waals surface area (Å²) in [5, 5.41) is 13.2. The van der Waals surface area contributed by atoms with Gasteiger partial charge in [0, 0.05) is 0 Å². The zero-order valence-corrected chi connectivity index (χ0v) is 11.1. The number of nitro groups is 1. The third kappa shape index (κ3) is 3.25. The molecule has 21 heavy (non-hydrogen) atoms. The van der Waals surface area contributed by atoms with Crippen LogP contribution in [0.4, 0.5) is 30.2 Å². The molecule has 2 rings (SSSR count). The summed E-state index contributed by atoms with van der Waals surface area (Å²) in [4.78, 5) is 10.2. The molecule has 0 fully saturated rings. The van der Waals surface area contributed by atoms with Gasteiger partial charge in [-0.15, -0.1) is 0 Å². The summed E-state index contributed by atoms with van der Waals surface area (Å²) in [5.41, 5.74) is -1.78. The minimum absolute atomic E-state index is 0.107. The lowest BCUT2D eigenvalue weighted by Crippen LogP contribution is -2.09. The third-order valence-corrected chi connectivity index (χ3v) is 2.98. The molecule has 8 heteroatoms. The van der Waals surface area contributed by atoms with E-state index in [4.69, 9.17) is 11.6 Å². The summed E-state index contributed by atoms with van der Waals surface area (Å²) < 4.78 is 38.7. The molecular formula is C13H8ClF3N2O2. The van der Waals surface area contributed by atoms with Crippen molar-refractivity contribution in [2.24, 2.45) is 0 Å². The van der Waals surface area contributed by atoms with Gasteiger partial charge < -0.3 is 5.32 Å². The van der Waals surface area contributed by atoms with E-state index in [1.165, 1.54) is 36.4 Å². The lowest BCUT2D eigenvalue weighted by atomic mass is 10.1. The monoisotopic (exact) mass is 316 g/mol. The smallest absolute Gasteiger partial charge is 0.349 e. The quantitative estimate of drug-likeness (QED) is 0.639. The van der Waals surface area contributed by atoms with E-state index in [2.05, 4.69) is 5.32 Å². The maximum Gasteiger partial charge on any atom is 0.418 e. The first-order chi connectivity index (χ1) is 9.80. The molecule has 0 aliphatic rings. The van der Waals surface area contributed by atoms with Gasteiger partial charge in [-0.3, -0.25) is 10.1 Å². The predicted octanol–water partition coefficient (Wildman–Crippen LogP) is 5.01. The van der Waals surface area contributed by atoms with E-state index in [0.29, 0.717) is 0 Å². The summed E-state index contributed by atoms with van der Waals surface area (Å²) in [5.74, 6) is 0. The Kier molecular flexibility index (Phi) is 4.04. The van der Waals surface area contributed by atoms with Crippen molar-refractivity contribution in [3.8, 4) is 0 Å². The molecule has 0 bridgehead atoms. The van der Waals surface area contributed by atoms with Crippen molar-refractivity contribution >= 4 is 28.7 Å². The number of para-hydroxylation sites is 2. The molecule has 0 atom stereocenters. The van der Waals surface area contributed by atoms with Gasteiger partial charge in [0.1, 0.15) is 10.7 Å². The predicted molar refractivity (Wildman–Crippen MR) is 72.8 cm³/mol. The lowest BCUT2D eigenvalue weighted by Gasteiger charge is -2.14. The second-order valence-corrected chi connectivity index (χ2v) is 4.47. The number of nitrogens with zero attached hydrogens (tertiary/aromatic N) is 1. The minimum atomic E-state index is -4.57. The highest BCUT2D eigenvalue weighted by atomic mass is 35.5. The molecule has 0 saturated carbocycles. The third-order valence-electron chi connectivity index (χ3n) is 2.67. The Balaban J connectivity index is 2.50. The van der Waals surface area contributed by atoms with Crippen LogP contribution in [-0.2, 0) is 6.18 Å². The average Bonchev–Trinajstić information content (AvgIpc) is 2.37. The molecule has 2 aromatic carbocycles. The number of nitrogens with one attached hydrogen (secondary N) is 1. The van der Waals surface area contributed by atoms with Crippen molar-refractivity contribution in [1.29, 1.82) is 0 Å². The zero-order valence-electron chi connectivity index (χ0n) is 10.3. The van der Waals surface area contributed by atoms with Crippen LogP contribution < -0.4 is 5.32 Å². The topological polar surface area (TPSA) is 55.2 Å². The first kappa shape index (κ1) is 15.1. The van der Waals surface area contributed by atoms with Crippen LogP contribution in [-0.4, -0.2) is 4.92 Å². The average molecular weight is 317 g/mol. The van der Waals surface area contributed by atoms with Crippen LogP contribution in [0.2, 0.25) is 5.02 Å². The van der Waals surface area contributed by atoms with Gasteiger partial charge in [-0.25, -0.2) is 0 Å². The summed E-state index contributed by atoms with van der Waals surface area (Å²) in [6.45, 7) is 0. The number of hydrogen-bond acceptors (Lipinski definition) is 3. The van der Waals surface area contributed by atoms with Gasteiger partial charge >= 0.3 is 11.9 Å². The Hall–Kier alpha value is -2.28. The first-order valence-electron chi connectivity index (χ1n) is 5.67. The Morgan fingerprint density at radius 3 is 2.29 bits per heavy atom. The number of hydrogen-bond donors (Lipinski definition) is 1. The van der Waals surface area contributed by atoms with E-state index >= 15 is 0 Å². The summed E-state index contributed by atoms with van der Waals surface area (Å²) >= 11 is 5.72. The largest absolute Gasteiger partial charge is 0.418 e.